The molecule has 0 heterocycles. The van der Waals surface area contributed by atoms with Gasteiger partial charge < -0.3 is 45.3 Å². The average molecular weight is 188 g/mol. The molecular formula is H12ClO6Sc+2. The number of rotatable bonds is 0. The summed E-state index contributed by atoms with van der Waals surface area (Å²) in [6, 6.07) is 0. The van der Waals surface area contributed by atoms with E-state index in [0.717, 1.165) is 0 Å². The van der Waals surface area contributed by atoms with E-state index in [2.05, 4.69) is 0 Å². The molecule has 12 N–H and O–H groups in total. The third-order valence-electron chi connectivity index (χ3n) is 0. The average Bonchev–Trinajstić information content (AvgIpc) is 0. The number of hydrogen-bond donors (Lipinski definition) is 0. The molecule has 0 fully saturated rings. The first-order chi connectivity index (χ1) is 0. The largest absolute Gasteiger partial charge is 3.00 e. The van der Waals surface area contributed by atoms with E-state index in [1.54, 1.807) is 0 Å². The quantitative estimate of drug-likeness (QED) is 0.349. The monoisotopic (exact) mass is 188 g/mol. The predicted octanol–water partition coefficient (Wildman–Crippen LogP) is -7.95. The van der Waals surface area contributed by atoms with E-state index in [4.69, 9.17) is 0 Å². The van der Waals surface area contributed by atoms with Gasteiger partial charge in [0.05, 0.1) is 0 Å². The molecule has 0 atom stereocenters. The number of hydrogen-bond acceptors (Lipinski definition) is 0. The minimum absolute atomic E-state index is 0. The SMILES string of the molecule is O.O.O.O.O.O.[Cl-].[Sc+3]. The van der Waals surface area contributed by atoms with E-state index in [9.17, 15) is 0 Å². The standard InChI is InChI=1S/ClH.6H2O.Sc/h1H;6*1H2;/q;;;;;;;+3/p-1. The number of halogens is 1. The van der Waals surface area contributed by atoms with Crippen LogP contribution in [0.2, 0.25) is 0 Å². The molecular weight excluding hydrogens is 176 g/mol. The Hall–Kier alpha value is 0.920. The maximum atomic E-state index is 0. The van der Waals surface area contributed by atoms with Crippen LogP contribution in [0.15, 0.2) is 0 Å². The van der Waals surface area contributed by atoms with Crippen molar-refractivity contribution in [2.24, 2.45) is 0 Å². The minimum Gasteiger partial charge on any atom is -1.00 e. The molecule has 0 bridgehead atoms. The van der Waals surface area contributed by atoms with Crippen LogP contribution in [0.5, 0.6) is 0 Å². The van der Waals surface area contributed by atoms with Gasteiger partial charge in [0.2, 0.25) is 0 Å². The fraction of sp³-hybridized carbons (Fsp3) is 0. The van der Waals surface area contributed by atoms with Crippen LogP contribution in [0.3, 0.4) is 0 Å². The summed E-state index contributed by atoms with van der Waals surface area (Å²) in [6.45, 7) is 0. The summed E-state index contributed by atoms with van der Waals surface area (Å²) in [5.41, 5.74) is 0. The maximum Gasteiger partial charge on any atom is 3.00 e. The Balaban J connectivity index is 0. The molecule has 0 spiro atoms. The topological polar surface area (TPSA) is 189 Å². The second-order valence-corrected chi connectivity index (χ2v) is 0. The molecule has 8 heteroatoms. The van der Waals surface area contributed by atoms with Crippen molar-refractivity contribution in [3.63, 3.8) is 0 Å². The van der Waals surface area contributed by atoms with Gasteiger partial charge in [-0.15, -0.1) is 0 Å². The van der Waals surface area contributed by atoms with Crippen molar-refractivity contribution in [1.82, 2.24) is 0 Å². The molecule has 0 rings (SSSR count). The van der Waals surface area contributed by atoms with Crippen molar-refractivity contribution >= 4 is 0 Å². The summed E-state index contributed by atoms with van der Waals surface area (Å²) < 4.78 is 0. The second-order valence-electron chi connectivity index (χ2n) is 0. The fourth-order valence-corrected chi connectivity index (χ4v) is 0. The molecule has 0 aromatic rings. The van der Waals surface area contributed by atoms with Crippen LogP contribution < -0.4 is 12.4 Å². The second kappa shape index (κ2) is 448. The molecule has 0 aliphatic heterocycles. The Bertz CT molecular complexity index is 8.49. The van der Waals surface area contributed by atoms with Gasteiger partial charge in [0.15, 0.2) is 0 Å². The molecule has 6 nitrogen and oxygen atoms in total. The first kappa shape index (κ1) is 661. The molecule has 8 heavy (non-hydrogen) atoms. The van der Waals surface area contributed by atoms with Crippen LogP contribution in [-0.4, -0.2) is 32.9 Å². The fourth-order valence-electron chi connectivity index (χ4n) is 0. The molecule has 0 aliphatic rings. The van der Waals surface area contributed by atoms with E-state index >= 15 is 0 Å². The van der Waals surface area contributed by atoms with E-state index in [1.807, 2.05) is 0 Å². The summed E-state index contributed by atoms with van der Waals surface area (Å²) in [6.07, 6.45) is 0. The van der Waals surface area contributed by atoms with Gasteiger partial charge >= 0.3 is 25.8 Å². The summed E-state index contributed by atoms with van der Waals surface area (Å²) in [5, 5.41) is 0. The van der Waals surface area contributed by atoms with Gasteiger partial charge in [-0.3, -0.25) is 0 Å². The molecule has 0 unspecified atom stereocenters. The zero-order chi connectivity index (χ0) is 0. The van der Waals surface area contributed by atoms with Crippen molar-refractivity contribution in [2.45, 2.75) is 0 Å². The van der Waals surface area contributed by atoms with Crippen molar-refractivity contribution in [3.8, 4) is 0 Å². The van der Waals surface area contributed by atoms with Crippen LogP contribution in [0.4, 0.5) is 0 Å². The smallest absolute Gasteiger partial charge is 1.00 e. The van der Waals surface area contributed by atoms with E-state index in [-0.39, 0.29) is 71.1 Å². The Morgan fingerprint density at radius 2 is 0.375 bits per heavy atom. The molecule has 0 saturated heterocycles. The normalized spacial score (nSPS) is 0. The van der Waals surface area contributed by atoms with Crippen molar-refractivity contribution in [1.29, 1.82) is 0 Å². The molecule has 0 radical (unpaired) electrons. The van der Waals surface area contributed by atoms with Gasteiger partial charge in [-0.2, -0.15) is 0 Å². The van der Waals surface area contributed by atoms with E-state index < -0.39 is 0 Å². The molecule has 0 aromatic carbocycles. The van der Waals surface area contributed by atoms with Crippen LogP contribution in [0.25, 0.3) is 0 Å². The summed E-state index contributed by atoms with van der Waals surface area (Å²) in [4.78, 5) is 0. The Kier molecular flexibility index (Phi) is 37000. The first-order valence-electron chi connectivity index (χ1n) is 0. The summed E-state index contributed by atoms with van der Waals surface area (Å²) >= 11 is 0. The molecule has 56 valence electrons. The van der Waals surface area contributed by atoms with Crippen LogP contribution in [0, 0.1) is 0 Å². The molecule has 0 amide bonds. The molecule has 0 aromatic heterocycles. The maximum absolute atomic E-state index is 0. The van der Waals surface area contributed by atoms with Gasteiger partial charge in [0.1, 0.15) is 0 Å². The molecule has 0 saturated carbocycles. The minimum atomic E-state index is 0. The zero-order valence-corrected chi connectivity index (χ0v) is 6.51. The predicted molar refractivity (Wildman–Crippen MR) is 21.7 cm³/mol. The van der Waals surface area contributed by atoms with Gasteiger partial charge in [-0.25, -0.2) is 0 Å². The van der Waals surface area contributed by atoms with E-state index in [1.165, 1.54) is 0 Å². The first-order valence-corrected chi connectivity index (χ1v) is 0. The Labute approximate surface area is 71.3 Å². The van der Waals surface area contributed by atoms with Gasteiger partial charge in [-0.1, -0.05) is 0 Å². The zero-order valence-electron chi connectivity index (χ0n) is 3.96. The van der Waals surface area contributed by atoms with Gasteiger partial charge in [0.25, 0.3) is 0 Å². The van der Waals surface area contributed by atoms with Crippen molar-refractivity contribution in [3.05, 3.63) is 0 Å². The van der Waals surface area contributed by atoms with Gasteiger partial charge in [0, 0.05) is 0 Å². The summed E-state index contributed by atoms with van der Waals surface area (Å²) in [7, 11) is 0. The third-order valence-corrected chi connectivity index (χ3v) is 0. The molecule has 0 aliphatic carbocycles. The van der Waals surface area contributed by atoms with E-state index in [0.29, 0.717) is 0 Å². The Morgan fingerprint density at radius 1 is 0.375 bits per heavy atom. The van der Waals surface area contributed by atoms with Gasteiger partial charge in [-0.05, 0) is 0 Å². The van der Waals surface area contributed by atoms with Crippen molar-refractivity contribution in [2.75, 3.05) is 0 Å². The third kappa shape index (κ3) is 286. The van der Waals surface area contributed by atoms with Crippen LogP contribution in [-0.2, 0) is 25.8 Å². The van der Waals surface area contributed by atoms with Crippen LogP contribution in [0.1, 0.15) is 0 Å². The van der Waals surface area contributed by atoms with Crippen LogP contribution >= 0.6 is 0 Å². The Morgan fingerprint density at radius 3 is 0.375 bits per heavy atom. The van der Waals surface area contributed by atoms with Crippen molar-refractivity contribution < 1.29 is 71.1 Å². The summed E-state index contributed by atoms with van der Waals surface area (Å²) in [5.74, 6) is 0.